The monoisotopic (exact) mass is 500 g/mol. The van der Waals surface area contributed by atoms with Crippen molar-refractivity contribution >= 4 is 17.1 Å². The first-order valence-electron chi connectivity index (χ1n) is 9.74. The Labute approximate surface area is 188 Å². The maximum atomic E-state index is 8.85. The molecule has 0 heterocycles. The van der Waals surface area contributed by atoms with Gasteiger partial charge in [0.25, 0.3) is 0 Å². The van der Waals surface area contributed by atoms with Crippen LogP contribution < -0.4 is 16.0 Å². The Morgan fingerprint density at radius 1 is 0.655 bits per heavy atom. The summed E-state index contributed by atoms with van der Waals surface area (Å²) in [6.07, 6.45) is 0. The van der Waals surface area contributed by atoms with Crippen molar-refractivity contribution in [1.82, 2.24) is 20.9 Å². The van der Waals surface area contributed by atoms with E-state index in [0.29, 0.717) is 17.1 Å². The number of rotatable bonds is 15. The van der Waals surface area contributed by atoms with Gasteiger partial charge in [0.15, 0.2) is 0 Å². The molecule has 171 valence electrons. The minimum atomic E-state index is 0. The Hall–Kier alpha value is -1.10. The van der Waals surface area contributed by atoms with Crippen molar-refractivity contribution in [3.63, 3.8) is 0 Å². The van der Waals surface area contributed by atoms with E-state index in [1.54, 1.807) is 20.8 Å². The molecule has 29 heavy (non-hydrogen) atoms. The van der Waals surface area contributed by atoms with E-state index in [0.717, 1.165) is 39.3 Å². The van der Waals surface area contributed by atoms with E-state index in [4.69, 9.17) is 15.6 Å². The van der Waals surface area contributed by atoms with Crippen LogP contribution in [0.2, 0.25) is 0 Å². The van der Waals surface area contributed by atoms with E-state index in [1.807, 2.05) is 20.8 Å². The Balaban J connectivity index is 0. The van der Waals surface area contributed by atoms with Gasteiger partial charge in [0.05, 0.1) is 17.1 Å². The Bertz CT molecular complexity index is 446. The van der Waals surface area contributed by atoms with Gasteiger partial charge in [-0.1, -0.05) is 15.5 Å². The van der Waals surface area contributed by atoms with Gasteiger partial charge in [0.1, 0.15) is 0 Å². The SMILES string of the molecule is C/C(=N\O)C(C)NCCN(CCNC(C)/C(C)=N/O)CCNC(C)/C(C)=N/O.[99Tc]. The molecule has 0 saturated carbocycles. The van der Waals surface area contributed by atoms with Crippen LogP contribution in [-0.2, 0) is 20.1 Å². The average molecular weight is 500 g/mol. The number of oxime groups is 3. The number of hydrogen-bond donors (Lipinski definition) is 6. The first-order chi connectivity index (χ1) is 13.3. The molecule has 0 rings (SSSR count). The van der Waals surface area contributed by atoms with Gasteiger partial charge in [0, 0.05) is 77.5 Å². The Morgan fingerprint density at radius 3 is 1.10 bits per heavy atom. The zero-order chi connectivity index (χ0) is 21.5. The Kier molecular flexibility index (Phi) is 18.4. The molecule has 0 aliphatic rings. The molecule has 0 fully saturated rings. The van der Waals surface area contributed by atoms with Crippen LogP contribution in [0.25, 0.3) is 0 Å². The maximum Gasteiger partial charge on any atom is 0.0706 e. The third kappa shape index (κ3) is 13.7. The number of hydrogen-bond acceptors (Lipinski definition) is 10. The van der Waals surface area contributed by atoms with Gasteiger partial charge in [-0.3, -0.25) is 4.90 Å². The molecule has 0 bridgehead atoms. The second-order valence-corrected chi connectivity index (χ2v) is 7.09. The summed E-state index contributed by atoms with van der Waals surface area (Å²) in [6.45, 7) is 16.0. The topological polar surface area (TPSA) is 137 Å². The summed E-state index contributed by atoms with van der Waals surface area (Å²) in [5, 5.41) is 46.2. The van der Waals surface area contributed by atoms with Crippen molar-refractivity contribution in [3.05, 3.63) is 0 Å². The van der Waals surface area contributed by atoms with Gasteiger partial charge in [0.2, 0.25) is 0 Å². The smallest absolute Gasteiger partial charge is 0.0706 e. The number of nitrogens with one attached hydrogen (secondary N) is 3. The summed E-state index contributed by atoms with van der Waals surface area (Å²) in [6, 6.07) is 0.0277. The van der Waals surface area contributed by atoms with E-state index in [2.05, 4.69) is 36.3 Å². The maximum absolute atomic E-state index is 8.85. The van der Waals surface area contributed by atoms with Gasteiger partial charge >= 0.3 is 0 Å². The van der Waals surface area contributed by atoms with Crippen LogP contribution in [0.1, 0.15) is 41.5 Å². The van der Waals surface area contributed by atoms with Crippen molar-refractivity contribution in [3.8, 4) is 0 Å². The fourth-order valence-corrected chi connectivity index (χ4v) is 2.36. The van der Waals surface area contributed by atoms with Gasteiger partial charge < -0.3 is 31.6 Å². The summed E-state index contributed by atoms with van der Waals surface area (Å²) in [4.78, 5) is 2.31. The first kappa shape index (κ1) is 30.1. The van der Waals surface area contributed by atoms with Crippen LogP contribution in [0.4, 0.5) is 0 Å². The molecule has 0 aromatic rings. The normalized spacial score (nSPS) is 16.4. The standard InChI is InChI=1S/C18H39N7O3.Tc/c1-13(16(4)22-26)19-7-10-25(11-8-20-14(2)17(5)23-27)12-9-21-15(3)18(6)24-28;/h13-15,19-21,26-28H,7-12H2,1-6H3;/b22-16+,23-17+,24-18+;/i;1+1. The van der Waals surface area contributed by atoms with Crippen LogP contribution in [0.5, 0.6) is 0 Å². The van der Waals surface area contributed by atoms with Crippen LogP contribution in [-0.4, -0.2) is 95.1 Å². The van der Waals surface area contributed by atoms with E-state index >= 15 is 0 Å². The number of nitrogens with zero attached hydrogens (tertiary/aromatic N) is 4. The first-order valence-corrected chi connectivity index (χ1v) is 9.74. The van der Waals surface area contributed by atoms with Gasteiger partial charge in [-0.2, -0.15) is 0 Å². The molecule has 10 nitrogen and oxygen atoms in total. The molecule has 0 amide bonds. The average Bonchev–Trinajstić information content (AvgIpc) is 2.70. The van der Waals surface area contributed by atoms with E-state index < -0.39 is 0 Å². The molecule has 0 saturated heterocycles. The van der Waals surface area contributed by atoms with Crippen LogP contribution >= 0.6 is 0 Å². The van der Waals surface area contributed by atoms with Gasteiger partial charge in [-0.15, -0.1) is 0 Å². The zero-order valence-corrected chi connectivity index (χ0v) is 20.3. The predicted molar refractivity (Wildman–Crippen MR) is 114 cm³/mol. The van der Waals surface area contributed by atoms with Crippen LogP contribution in [0.3, 0.4) is 0 Å². The van der Waals surface area contributed by atoms with Gasteiger partial charge in [-0.25, -0.2) is 0 Å². The van der Waals surface area contributed by atoms with Crippen LogP contribution in [0.15, 0.2) is 15.5 Å². The third-order valence-corrected chi connectivity index (χ3v) is 4.99. The molecule has 0 aromatic carbocycles. The molecular weight excluding hydrogens is 461 g/mol. The predicted octanol–water partition coefficient (Wildman–Crippen LogP) is 0.771. The molecule has 3 atom stereocenters. The summed E-state index contributed by atoms with van der Waals surface area (Å²) in [7, 11) is 0. The zero-order valence-electron chi connectivity index (χ0n) is 18.5. The third-order valence-electron chi connectivity index (χ3n) is 4.99. The molecule has 0 spiro atoms. The molecule has 0 aliphatic heterocycles. The molecular formula is C18H39N7O3Tc. The van der Waals surface area contributed by atoms with E-state index in [9.17, 15) is 0 Å². The second kappa shape index (κ2) is 17.7. The quantitative estimate of drug-likeness (QED) is 0.111. The molecule has 6 N–H and O–H groups in total. The largest absolute Gasteiger partial charge is 0.411 e. The second-order valence-electron chi connectivity index (χ2n) is 7.09. The van der Waals surface area contributed by atoms with Crippen molar-refractivity contribution in [1.29, 1.82) is 0 Å². The van der Waals surface area contributed by atoms with Crippen molar-refractivity contribution in [2.24, 2.45) is 15.5 Å². The van der Waals surface area contributed by atoms with E-state index in [-0.39, 0.29) is 38.2 Å². The fraction of sp³-hybridized carbons (Fsp3) is 0.833. The molecule has 3 unspecified atom stereocenters. The summed E-state index contributed by atoms with van der Waals surface area (Å²) < 4.78 is 0. The van der Waals surface area contributed by atoms with E-state index in [1.165, 1.54) is 0 Å². The minimum absolute atomic E-state index is 0. The molecule has 0 aliphatic carbocycles. The summed E-state index contributed by atoms with van der Waals surface area (Å²) in [5.41, 5.74) is 1.94. The summed E-state index contributed by atoms with van der Waals surface area (Å²) in [5.74, 6) is 0. The van der Waals surface area contributed by atoms with Crippen molar-refractivity contribution in [2.75, 3.05) is 39.3 Å². The fourth-order valence-electron chi connectivity index (χ4n) is 2.36. The molecule has 1 radical (unpaired) electrons. The van der Waals surface area contributed by atoms with Crippen molar-refractivity contribution < 1.29 is 35.7 Å². The van der Waals surface area contributed by atoms with Crippen LogP contribution in [0, 0.1) is 0 Å². The van der Waals surface area contributed by atoms with Crippen molar-refractivity contribution in [2.45, 2.75) is 59.7 Å². The summed E-state index contributed by atoms with van der Waals surface area (Å²) >= 11 is 0. The van der Waals surface area contributed by atoms with Gasteiger partial charge in [-0.05, 0) is 41.5 Å². The molecule has 11 heteroatoms. The minimum Gasteiger partial charge on any atom is -0.411 e. The molecule has 0 aromatic heterocycles. The Morgan fingerprint density at radius 2 is 0.897 bits per heavy atom.